The fraction of sp³-hybridized carbons (Fsp3) is 0.200. The number of nitrogens with one attached hydrogen (secondary N) is 1. The minimum Gasteiger partial charge on any atom is -0.489 e. The second kappa shape index (κ2) is 9.36. The van der Waals surface area contributed by atoms with Gasteiger partial charge >= 0.3 is 0 Å². The summed E-state index contributed by atoms with van der Waals surface area (Å²) >= 11 is 1.36. The average Bonchev–Trinajstić information content (AvgIpc) is 3.41. The third-order valence-corrected chi connectivity index (χ3v) is 6.19. The summed E-state index contributed by atoms with van der Waals surface area (Å²) in [5.74, 6) is 0.765. The van der Waals surface area contributed by atoms with Crippen molar-refractivity contribution in [2.45, 2.75) is 33.9 Å². The Hall–Kier alpha value is -3.45. The molecule has 0 spiro atoms. The van der Waals surface area contributed by atoms with Gasteiger partial charge in [0, 0.05) is 23.4 Å². The molecule has 1 N–H and O–H groups in total. The lowest BCUT2D eigenvalue weighted by Crippen LogP contribution is -2.11. The van der Waals surface area contributed by atoms with Crippen LogP contribution in [0.1, 0.15) is 37.5 Å². The number of ether oxygens (including phenoxy) is 1. The number of rotatable bonds is 7. The van der Waals surface area contributed by atoms with Crippen molar-refractivity contribution in [1.29, 1.82) is 0 Å². The van der Waals surface area contributed by atoms with Crippen molar-refractivity contribution >= 4 is 23.1 Å². The van der Waals surface area contributed by atoms with Crippen LogP contribution in [-0.2, 0) is 13.2 Å². The van der Waals surface area contributed by atoms with Gasteiger partial charge in [-0.3, -0.25) is 9.48 Å². The van der Waals surface area contributed by atoms with Gasteiger partial charge in [0.25, 0.3) is 5.91 Å². The largest absolute Gasteiger partial charge is 0.489 e. The Balaban J connectivity index is 1.36. The molecular weight excluding hydrogens is 425 g/mol. The molecule has 0 aliphatic rings. The third-order valence-electron chi connectivity index (χ3n) is 5.21. The van der Waals surface area contributed by atoms with Gasteiger partial charge in [-0.05, 0) is 61.0 Å². The van der Waals surface area contributed by atoms with E-state index in [9.17, 15) is 9.18 Å². The van der Waals surface area contributed by atoms with Crippen molar-refractivity contribution in [2.24, 2.45) is 0 Å². The van der Waals surface area contributed by atoms with Gasteiger partial charge in [-0.25, -0.2) is 4.39 Å². The van der Waals surface area contributed by atoms with Crippen LogP contribution in [0.25, 0.3) is 0 Å². The number of carbonyl (C=O) groups is 1. The number of aryl methyl sites for hydroxylation is 2. The van der Waals surface area contributed by atoms with Crippen molar-refractivity contribution in [3.63, 3.8) is 0 Å². The van der Waals surface area contributed by atoms with Gasteiger partial charge in [0.05, 0.1) is 11.4 Å². The van der Waals surface area contributed by atoms with Crippen LogP contribution in [0.15, 0.2) is 60.1 Å². The zero-order valence-electron chi connectivity index (χ0n) is 18.2. The lowest BCUT2D eigenvalue weighted by Gasteiger charge is -2.11. The molecule has 0 saturated heterocycles. The molecule has 0 atom stereocenters. The van der Waals surface area contributed by atoms with Crippen LogP contribution in [-0.4, -0.2) is 15.7 Å². The zero-order valence-corrected chi connectivity index (χ0v) is 19.0. The first kappa shape index (κ1) is 21.8. The van der Waals surface area contributed by atoms with Crippen LogP contribution >= 0.6 is 11.3 Å². The Kier molecular flexibility index (Phi) is 6.37. The van der Waals surface area contributed by atoms with Crippen LogP contribution in [0.5, 0.6) is 5.75 Å². The van der Waals surface area contributed by atoms with E-state index in [-0.39, 0.29) is 11.7 Å². The van der Waals surface area contributed by atoms with Gasteiger partial charge in [-0.15, -0.1) is 11.3 Å². The molecule has 0 aliphatic heterocycles. The van der Waals surface area contributed by atoms with Gasteiger partial charge in [0.15, 0.2) is 5.82 Å². The Morgan fingerprint density at radius 2 is 1.97 bits per heavy atom. The molecule has 0 saturated carbocycles. The van der Waals surface area contributed by atoms with E-state index in [4.69, 9.17) is 4.74 Å². The highest BCUT2D eigenvalue weighted by atomic mass is 32.1. The van der Waals surface area contributed by atoms with E-state index in [1.54, 1.807) is 35.1 Å². The summed E-state index contributed by atoms with van der Waals surface area (Å²) in [7, 11) is 0. The highest BCUT2D eigenvalue weighted by Crippen LogP contribution is 2.25. The summed E-state index contributed by atoms with van der Waals surface area (Å²) in [6, 6.07) is 14.2. The first-order valence-electron chi connectivity index (χ1n) is 10.3. The molecule has 2 heterocycles. The second-order valence-corrected chi connectivity index (χ2v) is 8.67. The molecule has 7 heteroatoms. The minimum atomic E-state index is -0.280. The van der Waals surface area contributed by atoms with Crippen LogP contribution in [0.2, 0.25) is 0 Å². The fourth-order valence-electron chi connectivity index (χ4n) is 3.38. The molecule has 4 aromatic rings. The van der Waals surface area contributed by atoms with Crippen LogP contribution in [0.3, 0.4) is 0 Å². The van der Waals surface area contributed by atoms with Gasteiger partial charge < -0.3 is 10.1 Å². The number of carbonyl (C=O) groups excluding carboxylic acids is 1. The number of benzene rings is 2. The Morgan fingerprint density at radius 3 is 2.78 bits per heavy atom. The molecule has 164 valence electrons. The van der Waals surface area contributed by atoms with Gasteiger partial charge in [0.2, 0.25) is 0 Å². The summed E-state index contributed by atoms with van der Waals surface area (Å²) in [5.41, 5.74) is 4.94. The fourth-order valence-corrected chi connectivity index (χ4v) is 4.17. The van der Waals surface area contributed by atoms with Gasteiger partial charge in [-0.2, -0.15) is 5.10 Å². The maximum Gasteiger partial charge on any atom is 0.266 e. The van der Waals surface area contributed by atoms with Crippen molar-refractivity contribution < 1.29 is 13.9 Å². The summed E-state index contributed by atoms with van der Waals surface area (Å²) in [5, 5.41) is 9.03. The van der Waals surface area contributed by atoms with Crippen LogP contribution in [0, 0.1) is 26.6 Å². The first-order chi connectivity index (χ1) is 15.4. The molecule has 1 amide bonds. The number of nitrogens with zero attached hydrogens (tertiary/aromatic N) is 2. The van der Waals surface area contributed by atoms with E-state index in [2.05, 4.69) is 23.4 Å². The predicted octanol–water partition coefficient (Wildman–Crippen LogP) is 5.89. The molecule has 0 unspecified atom stereocenters. The zero-order chi connectivity index (χ0) is 22.7. The lowest BCUT2D eigenvalue weighted by atomic mass is 10.1. The van der Waals surface area contributed by atoms with Gasteiger partial charge in [-0.1, -0.05) is 24.3 Å². The number of amides is 1. The number of hydrogen-bond donors (Lipinski definition) is 1. The highest BCUT2D eigenvalue weighted by Gasteiger charge is 2.13. The Labute approximate surface area is 190 Å². The standard InChI is InChI=1S/C25H24FN3O2S/c1-16-10-17(2)18(3)22(11-16)31-14-19-12-23(32-15-19)25(30)27-24-8-9-29(28-24)13-20-6-4-5-7-21(20)26/h4-12,15H,13-14H2,1-3H3,(H,27,28,30). The monoisotopic (exact) mass is 449 g/mol. The predicted molar refractivity (Wildman–Crippen MR) is 125 cm³/mol. The van der Waals surface area contributed by atoms with E-state index in [0.717, 1.165) is 22.4 Å². The summed E-state index contributed by atoms with van der Waals surface area (Å²) in [6.07, 6.45) is 1.71. The SMILES string of the molecule is Cc1cc(C)c(C)c(OCc2csc(C(=O)Nc3ccn(Cc4ccccc4F)n3)c2)c1. The smallest absolute Gasteiger partial charge is 0.266 e. The molecular formula is C25H24FN3O2S. The topological polar surface area (TPSA) is 56.1 Å². The summed E-state index contributed by atoms with van der Waals surface area (Å²) in [4.78, 5) is 13.2. The Morgan fingerprint density at radius 1 is 1.16 bits per heavy atom. The van der Waals surface area contributed by atoms with Crippen molar-refractivity contribution in [1.82, 2.24) is 9.78 Å². The van der Waals surface area contributed by atoms with Gasteiger partial charge in [0.1, 0.15) is 18.2 Å². The highest BCUT2D eigenvalue weighted by molar-refractivity contribution is 7.12. The number of anilines is 1. The molecule has 2 aromatic carbocycles. The van der Waals surface area contributed by atoms with E-state index in [1.807, 2.05) is 31.4 Å². The third kappa shape index (κ3) is 5.06. The van der Waals surface area contributed by atoms with Crippen molar-refractivity contribution in [3.8, 4) is 5.75 Å². The minimum absolute atomic E-state index is 0.236. The molecule has 5 nitrogen and oxygen atoms in total. The molecule has 0 bridgehead atoms. The molecule has 2 aromatic heterocycles. The number of hydrogen-bond acceptors (Lipinski definition) is 4. The van der Waals surface area contributed by atoms with E-state index >= 15 is 0 Å². The molecule has 0 fully saturated rings. The van der Waals surface area contributed by atoms with Crippen LogP contribution < -0.4 is 10.1 Å². The maximum atomic E-state index is 13.8. The Bertz CT molecular complexity index is 1260. The van der Waals surface area contributed by atoms with Crippen molar-refractivity contribution in [3.05, 3.63) is 98.6 Å². The molecule has 4 rings (SSSR count). The molecule has 0 radical (unpaired) electrons. The maximum absolute atomic E-state index is 13.8. The van der Waals surface area contributed by atoms with E-state index in [0.29, 0.717) is 29.4 Å². The molecule has 32 heavy (non-hydrogen) atoms. The number of aromatic nitrogens is 2. The van der Waals surface area contributed by atoms with E-state index in [1.165, 1.54) is 23.0 Å². The number of halogens is 1. The first-order valence-corrected chi connectivity index (χ1v) is 11.1. The van der Waals surface area contributed by atoms with E-state index < -0.39 is 0 Å². The average molecular weight is 450 g/mol. The summed E-state index contributed by atoms with van der Waals surface area (Å²) < 4.78 is 21.4. The second-order valence-electron chi connectivity index (χ2n) is 7.76. The number of thiophene rings is 1. The van der Waals surface area contributed by atoms with Crippen LogP contribution in [0.4, 0.5) is 10.2 Å². The molecule has 0 aliphatic carbocycles. The lowest BCUT2D eigenvalue weighted by molar-refractivity contribution is 0.103. The summed E-state index contributed by atoms with van der Waals surface area (Å²) in [6.45, 7) is 6.84. The quantitative estimate of drug-likeness (QED) is 0.383. The normalized spacial score (nSPS) is 10.9. The van der Waals surface area contributed by atoms with Crippen molar-refractivity contribution in [2.75, 3.05) is 5.32 Å².